The van der Waals surface area contributed by atoms with Crippen LogP contribution in [0.3, 0.4) is 0 Å². The first-order valence-corrected chi connectivity index (χ1v) is 7.60. The van der Waals surface area contributed by atoms with E-state index >= 15 is 0 Å². The second-order valence-corrected chi connectivity index (χ2v) is 5.41. The monoisotopic (exact) mass is 315 g/mol. The van der Waals surface area contributed by atoms with Gasteiger partial charge in [-0.25, -0.2) is 4.39 Å². The third-order valence-corrected chi connectivity index (χ3v) is 3.65. The molecule has 0 saturated heterocycles. The molecule has 120 valence electrons. The van der Waals surface area contributed by atoms with Crippen molar-refractivity contribution >= 4 is 5.91 Å². The Morgan fingerprint density at radius 2 is 2.04 bits per heavy atom. The zero-order valence-corrected chi connectivity index (χ0v) is 12.7. The summed E-state index contributed by atoms with van der Waals surface area (Å²) < 4.78 is 23.6. The van der Waals surface area contributed by atoms with Crippen molar-refractivity contribution in [1.82, 2.24) is 5.32 Å². The summed E-state index contributed by atoms with van der Waals surface area (Å²) in [4.78, 5) is 11.8. The minimum atomic E-state index is -0.335. The minimum absolute atomic E-state index is 0.0975. The molecule has 5 heteroatoms. The van der Waals surface area contributed by atoms with Gasteiger partial charge in [0, 0.05) is 6.54 Å². The average Bonchev–Trinajstić information content (AvgIpc) is 2.59. The van der Waals surface area contributed by atoms with E-state index in [0.29, 0.717) is 12.3 Å². The second kappa shape index (κ2) is 7.13. The second-order valence-electron chi connectivity index (χ2n) is 5.41. The number of carbonyl (C=O) groups is 1. The highest BCUT2D eigenvalue weighted by Gasteiger charge is 2.11. The van der Waals surface area contributed by atoms with E-state index in [-0.39, 0.29) is 18.3 Å². The summed E-state index contributed by atoms with van der Waals surface area (Å²) in [5.74, 6) is 0.847. The average molecular weight is 315 g/mol. The van der Waals surface area contributed by atoms with Crippen LogP contribution >= 0.6 is 0 Å². The van der Waals surface area contributed by atoms with E-state index in [2.05, 4.69) is 11.4 Å². The molecule has 0 atom stereocenters. The molecule has 1 aliphatic heterocycles. The molecule has 0 bridgehead atoms. The summed E-state index contributed by atoms with van der Waals surface area (Å²) in [6, 6.07) is 11.5. The van der Waals surface area contributed by atoms with Crippen molar-refractivity contribution in [2.24, 2.45) is 0 Å². The number of ether oxygens (including phenoxy) is 2. The van der Waals surface area contributed by atoms with Gasteiger partial charge in [-0.2, -0.15) is 0 Å². The minimum Gasteiger partial charge on any atom is -0.493 e. The molecule has 0 radical (unpaired) electrons. The van der Waals surface area contributed by atoms with Gasteiger partial charge in [-0.1, -0.05) is 12.1 Å². The van der Waals surface area contributed by atoms with E-state index in [4.69, 9.17) is 9.47 Å². The maximum absolute atomic E-state index is 12.8. The molecule has 1 aliphatic rings. The highest BCUT2D eigenvalue weighted by molar-refractivity contribution is 5.77. The van der Waals surface area contributed by atoms with Crippen molar-refractivity contribution in [2.75, 3.05) is 13.2 Å². The van der Waals surface area contributed by atoms with E-state index in [0.717, 1.165) is 30.8 Å². The molecule has 2 aromatic carbocycles. The van der Waals surface area contributed by atoms with Crippen LogP contribution in [0, 0.1) is 5.82 Å². The molecular formula is C18H18FNO3. The van der Waals surface area contributed by atoms with E-state index < -0.39 is 0 Å². The maximum atomic E-state index is 12.8. The Balaban J connectivity index is 1.48. The van der Waals surface area contributed by atoms with E-state index in [1.165, 1.54) is 29.8 Å². The quantitative estimate of drug-likeness (QED) is 0.923. The van der Waals surface area contributed by atoms with Crippen molar-refractivity contribution in [1.29, 1.82) is 0 Å². The first-order chi connectivity index (χ1) is 11.2. The lowest BCUT2D eigenvalue weighted by Crippen LogP contribution is -2.28. The lowest BCUT2D eigenvalue weighted by atomic mass is 10.0. The third-order valence-electron chi connectivity index (χ3n) is 3.65. The van der Waals surface area contributed by atoms with Gasteiger partial charge in [0.2, 0.25) is 0 Å². The molecule has 3 rings (SSSR count). The Bertz CT molecular complexity index is 685. The van der Waals surface area contributed by atoms with Crippen LogP contribution in [0.5, 0.6) is 11.5 Å². The number of rotatable bonds is 5. The number of hydrogen-bond donors (Lipinski definition) is 1. The Labute approximate surface area is 134 Å². The predicted octanol–water partition coefficient (Wildman–Crippen LogP) is 2.85. The Hall–Kier alpha value is -2.56. The SMILES string of the molecule is O=C(COc1ccc(F)cc1)NCc1ccc2c(c1)CCCO2. The van der Waals surface area contributed by atoms with Crippen molar-refractivity contribution in [3.63, 3.8) is 0 Å². The molecule has 0 fully saturated rings. The Morgan fingerprint density at radius 1 is 1.22 bits per heavy atom. The Morgan fingerprint density at radius 3 is 2.87 bits per heavy atom. The fourth-order valence-electron chi connectivity index (χ4n) is 2.46. The summed E-state index contributed by atoms with van der Waals surface area (Å²) in [6.45, 7) is 1.11. The van der Waals surface area contributed by atoms with Gasteiger partial charge in [0.1, 0.15) is 17.3 Å². The van der Waals surface area contributed by atoms with Crippen molar-refractivity contribution in [3.8, 4) is 11.5 Å². The van der Waals surface area contributed by atoms with E-state index in [9.17, 15) is 9.18 Å². The van der Waals surface area contributed by atoms with Crippen LogP contribution in [0.25, 0.3) is 0 Å². The van der Waals surface area contributed by atoms with Gasteiger partial charge in [-0.3, -0.25) is 4.79 Å². The predicted molar refractivity (Wildman–Crippen MR) is 84.0 cm³/mol. The summed E-state index contributed by atoms with van der Waals surface area (Å²) in [5.41, 5.74) is 2.22. The van der Waals surface area contributed by atoms with Crippen LogP contribution in [0.1, 0.15) is 17.5 Å². The smallest absolute Gasteiger partial charge is 0.258 e. The van der Waals surface area contributed by atoms with Crippen LogP contribution in [0.15, 0.2) is 42.5 Å². The van der Waals surface area contributed by atoms with Crippen molar-refractivity contribution < 1.29 is 18.7 Å². The molecule has 0 spiro atoms. The van der Waals surface area contributed by atoms with Gasteiger partial charge < -0.3 is 14.8 Å². The molecule has 1 amide bonds. The number of fused-ring (bicyclic) bond motifs is 1. The number of hydrogen-bond acceptors (Lipinski definition) is 3. The van der Waals surface area contributed by atoms with Crippen LogP contribution < -0.4 is 14.8 Å². The molecule has 1 N–H and O–H groups in total. The molecule has 0 aromatic heterocycles. The summed E-state index contributed by atoms with van der Waals surface area (Å²) in [7, 11) is 0. The lowest BCUT2D eigenvalue weighted by Gasteiger charge is -2.18. The summed E-state index contributed by atoms with van der Waals surface area (Å²) in [5, 5.41) is 2.81. The van der Waals surface area contributed by atoms with Crippen LogP contribution in [0.2, 0.25) is 0 Å². The number of halogens is 1. The highest BCUT2D eigenvalue weighted by Crippen LogP contribution is 2.25. The third kappa shape index (κ3) is 4.22. The van der Waals surface area contributed by atoms with Crippen molar-refractivity contribution in [2.45, 2.75) is 19.4 Å². The van der Waals surface area contributed by atoms with Gasteiger partial charge in [-0.05, 0) is 54.3 Å². The van der Waals surface area contributed by atoms with Gasteiger partial charge in [0.15, 0.2) is 6.61 Å². The fraction of sp³-hybridized carbons (Fsp3) is 0.278. The normalized spacial score (nSPS) is 12.9. The number of aryl methyl sites for hydroxylation is 1. The van der Waals surface area contributed by atoms with Crippen LogP contribution in [-0.4, -0.2) is 19.1 Å². The van der Waals surface area contributed by atoms with Gasteiger partial charge >= 0.3 is 0 Å². The Kier molecular flexibility index (Phi) is 4.76. The maximum Gasteiger partial charge on any atom is 0.258 e. The molecule has 2 aromatic rings. The molecule has 0 aliphatic carbocycles. The molecule has 1 heterocycles. The van der Waals surface area contributed by atoms with Gasteiger partial charge in [-0.15, -0.1) is 0 Å². The van der Waals surface area contributed by atoms with Crippen LogP contribution in [0.4, 0.5) is 4.39 Å². The topological polar surface area (TPSA) is 47.6 Å². The number of amides is 1. The number of carbonyl (C=O) groups excluding carboxylic acids is 1. The first-order valence-electron chi connectivity index (χ1n) is 7.60. The van der Waals surface area contributed by atoms with Gasteiger partial charge in [0.05, 0.1) is 6.61 Å². The fourth-order valence-corrected chi connectivity index (χ4v) is 2.46. The largest absolute Gasteiger partial charge is 0.493 e. The van der Waals surface area contributed by atoms with E-state index in [1.54, 1.807) is 0 Å². The molecule has 4 nitrogen and oxygen atoms in total. The van der Waals surface area contributed by atoms with Crippen LogP contribution in [-0.2, 0) is 17.8 Å². The zero-order valence-electron chi connectivity index (χ0n) is 12.7. The highest BCUT2D eigenvalue weighted by atomic mass is 19.1. The summed E-state index contributed by atoms with van der Waals surface area (Å²) >= 11 is 0. The number of benzene rings is 2. The molecular weight excluding hydrogens is 297 g/mol. The molecule has 23 heavy (non-hydrogen) atoms. The summed E-state index contributed by atoms with van der Waals surface area (Å²) in [6.07, 6.45) is 2.03. The van der Waals surface area contributed by atoms with Crippen molar-refractivity contribution in [3.05, 3.63) is 59.4 Å². The van der Waals surface area contributed by atoms with E-state index in [1.807, 2.05) is 12.1 Å². The lowest BCUT2D eigenvalue weighted by molar-refractivity contribution is -0.123. The zero-order chi connectivity index (χ0) is 16.1. The standard InChI is InChI=1S/C18H18FNO3/c19-15-4-6-16(7-5-15)23-12-18(21)20-11-13-3-8-17-14(10-13)2-1-9-22-17/h3-8,10H,1-2,9,11-12H2,(H,20,21). The first kappa shape index (κ1) is 15.3. The molecule has 0 saturated carbocycles. The van der Waals surface area contributed by atoms with Gasteiger partial charge in [0.25, 0.3) is 5.91 Å². The number of nitrogens with one attached hydrogen (secondary N) is 1. The molecule has 0 unspecified atom stereocenters.